The molecule has 0 fully saturated rings. The average molecular weight is 303 g/mol. The van der Waals surface area contributed by atoms with Gasteiger partial charge in [0.25, 0.3) is 16.0 Å². The first-order chi connectivity index (χ1) is 9.83. The van der Waals surface area contributed by atoms with Crippen LogP contribution in [0.3, 0.4) is 0 Å². The van der Waals surface area contributed by atoms with E-state index in [9.17, 15) is 8.42 Å². The van der Waals surface area contributed by atoms with Crippen LogP contribution in [0.1, 0.15) is 22.5 Å². The first-order valence-corrected chi connectivity index (χ1v) is 7.53. The molecule has 1 aromatic heterocycles. The van der Waals surface area contributed by atoms with Crippen LogP contribution in [0.25, 0.3) is 0 Å². The Kier molecular flexibility index (Phi) is 3.86. The number of hydrogen-bond acceptors (Lipinski definition) is 6. The van der Waals surface area contributed by atoms with Crippen LogP contribution in [0, 0.1) is 32.1 Å². The smallest absolute Gasteiger partial charge is 0.246 e. The van der Waals surface area contributed by atoms with Gasteiger partial charge >= 0.3 is 0 Å². The number of nitrogens with one attached hydrogen (secondary N) is 1. The van der Waals surface area contributed by atoms with Crippen molar-refractivity contribution in [1.29, 1.82) is 5.26 Å². The second kappa shape index (κ2) is 5.46. The fourth-order valence-electron chi connectivity index (χ4n) is 1.63. The van der Waals surface area contributed by atoms with E-state index in [0.717, 1.165) is 0 Å². The summed E-state index contributed by atoms with van der Waals surface area (Å²) in [5, 5.41) is 16.4. The largest absolute Gasteiger partial charge is 0.264 e. The van der Waals surface area contributed by atoms with Gasteiger partial charge in [0, 0.05) is 0 Å². The molecule has 21 heavy (non-hydrogen) atoms. The molecule has 1 N–H and O–H groups in total. The monoisotopic (exact) mass is 303 g/mol. The Morgan fingerprint density at radius 3 is 2.48 bits per heavy atom. The maximum Gasteiger partial charge on any atom is 0.264 e. The Morgan fingerprint density at radius 1 is 1.14 bits per heavy atom. The Labute approximate surface area is 122 Å². The number of nitriles is 1. The summed E-state index contributed by atoms with van der Waals surface area (Å²) in [6.45, 7) is 5.09. The van der Waals surface area contributed by atoms with Crippen molar-refractivity contribution in [1.82, 2.24) is 15.2 Å². The minimum atomic E-state index is -3.87. The minimum absolute atomic E-state index is 0.0170. The van der Waals surface area contributed by atoms with Crippen molar-refractivity contribution >= 4 is 16.0 Å². The first kappa shape index (κ1) is 14.9. The van der Waals surface area contributed by atoms with E-state index in [0.29, 0.717) is 17.0 Å². The molecular formula is C13H13N5O2S. The summed E-state index contributed by atoms with van der Waals surface area (Å²) < 4.78 is 27.0. The van der Waals surface area contributed by atoms with Crippen molar-refractivity contribution in [2.75, 3.05) is 4.72 Å². The van der Waals surface area contributed by atoms with Gasteiger partial charge in [0.15, 0.2) is 0 Å². The van der Waals surface area contributed by atoms with Crippen LogP contribution in [-0.4, -0.2) is 23.6 Å². The normalized spacial score (nSPS) is 11.0. The van der Waals surface area contributed by atoms with E-state index < -0.39 is 10.0 Å². The first-order valence-electron chi connectivity index (χ1n) is 6.05. The Bertz CT molecular complexity index is 840. The highest BCUT2D eigenvalue weighted by Gasteiger charge is 2.19. The molecule has 2 aromatic rings. The minimum Gasteiger partial charge on any atom is -0.246 e. The molecule has 0 saturated carbocycles. The summed E-state index contributed by atoms with van der Waals surface area (Å²) >= 11 is 0. The van der Waals surface area contributed by atoms with Gasteiger partial charge in [0.05, 0.1) is 27.9 Å². The molecular weight excluding hydrogens is 290 g/mol. The van der Waals surface area contributed by atoms with Gasteiger partial charge < -0.3 is 0 Å². The lowest BCUT2D eigenvalue weighted by Crippen LogP contribution is -2.17. The molecule has 0 amide bonds. The fourth-order valence-corrected chi connectivity index (χ4v) is 2.85. The SMILES string of the molecule is Cc1ccc(C#N)cc1S(=O)(=O)Nc1nnc(C)c(C)n1. The highest BCUT2D eigenvalue weighted by Crippen LogP contribution is 2.19. The van der Waals surface area contributed by atoms with E-state index in [1.54, 1.807) is 32.9 Å². The van der Waals surface area contributed by atoms with Crippen molar-refractivity contribution in [3.63, 3.8) is 0 Å². The molecule has 0 unspecified atom stereocenters. The predicted octanol–water partition coefficient (Wildman–Crippen LogP) is 1.47. The highest BCUT2D eigenvalue weighted by molar-refractivity contribution is 7.92. The molecule has 0 aliphatic rings. The Balaban J connectivity index is 2.43. The predicted molar refractivity (Wildman–Crippen MR) is 76.0 cm³/mol. The van der Waals surface area contributed by atoms with Gasteiger partial charge in [0.2, 0.25) is 0 Å². The van der Waals surface area contributed by atoms with E-state index in [1.165, 1.54) is 6.07 Å². The fraction of sp³-hybridized carbons (Fsp3) is 0.231. The summed E-state index contributed by atoms with van der Waals surface area (Å²) in [7, 11) is -3.87. The molecule has 0 saturated heterocycles. The van der Waals surface area contributed by atoms with E-state index in [2.05, 4.69) is 19.9 Å². The van der Waals surface area contributed by atoms with Gasteiger partial charge in [-0.05, 0) is 38.5 Å². The number of benzene rings is 1. The molecule has 7 nitrogen and oxygen atoms in total. The zero-order chi connectivity index (χ0) is 15.6. The summed E-state index contributed by atoms with van der Waals surface area (Å²) in [4.78, 5) is 4.04. The second-order valence-electron chi connectivity index (χ2n) is 4.50. The summed E-state index contributed by atoms with van der Waals surface area (Å²) in [5.41, 5.74) is 2.00. The summed E-state index contributed by atoms with van der Waals surface area (Å²) in [6.07, 6.45) is 0. The molecule has 0 aliphatic heterocycles. The number of hydrogen-bond donors (Lipinski definition) is 1. The molecule has 0 atom stereocenters. The van der Waals surface area contributed by atoms with Crippen LogP contribution in [0.15, 0.2) is 23.1 Å². The van der Waals surface area contributed by atoms with E-state index in [4.69, 9.17) is 5.26 Å². The van der Waals surface area contributed by atoms with Gasteiger partial charge in [-0.1, -0.05) is 6.07 Å². The zero-order valence-corrected chi connectivity index (χ0v) is 12.6. The maximum atomic E-state index is 12.4. The lowest BCUT2D eigenvalue weighted by Gasteiger charge is -2.09. The van der Waals surface area contributed by atoms with Crippen molar-refractivity contribution in [3.05, 3.63) is 40.7 Å². The molecule has 1 aromatic carbocycles. The van der Waals surface area contributed by atoms with Gasteiger partial charge in [0.1, 0.15) is 0 Å². The zero-order valence-electron chi connectivity index (χ0n) is 11.7. The van der Waals surface area contributed by atoms with E-state index >= 15 is 0 Å². The molecule has 1 heterocycles. The van der Waals surface area contributed by atoms with Crippen LogP contribution in [0.5, 0.6) is 0 Å². The van der Waals surface area contributed by atoms with Crippen molar-refractivity contribution < 1.29 is 8.42 Å². The topological polar surface area (TPSA) is 109 Å². The third-order valence-corrected chi connectivity index (χ3v) is 4.39. The second-order valence-corrected chi connectivity index (χ2v) is 6.15. The van der Waals surface area contributed by atoms with Crippen LogP contribution in [0.2, 0.25) is 0 Å². The van der Waals surface area contributed by atoms with Crippen LogP contribution >= 0.6 is 0 Å². The molecule has 108 valence electrons. The quantitative estimate of drug-likeness (QED) is 0.919. The molecule has 0 radical (unpaired) electrons. The summed E-state index contributed by atoms with van der Waals surface area (Å²) in [6, 6.07) is 6.36. The maximum absolute atomic E-state index is 12.4. The molecule has 2 rings (SSSR count). The molecule has 0 bridgehead atoms. The number of anilines is 1. The van der Waals surface area contributed by atoms with Crippen molar-refractivity contribution in [3.8, 4) is 6.07 Å². The van der Waals surface area contributed by atoms with Crippen LogP contribution < -0.4 is 4.72 Å². The number of aromatic nitrogens is 3. The molecule has 8 heteroatoms. The van der Waals surface area contributed by atoms with Crippen LogP contribution in [-0.2, 0) is 10.0 Å². The van der Waals surface area contributed by atoms with E-state index in [1.807, 2.05) is 6.07 Å². The highest BCUT2D eigenvalue weighted by atomic mass is 32.2. The van der Waals surface area contributed by atoms with Gasteiger partial charge in [-0.25, -0.2) is 18.1 Å². The third-order valence-electron chi connectivity index (χ3n) is 2.92. The number of aryl methyl sites for hydroxylation is 3. The van der Waals surface area contributed by atoms with Gasteiger partial charge in [-0.3, -0.25) is 0 Å². The van der Waals surface area contributed by atoms with Gasteiger partial charge in [-0.2, -0.15) is 10.4 Å². The molecule has 0 aliphatic carbocycles. The standard InChI is InChI=1S/C13H13N5O2S/c1-8-4-5-11(7-14)6-12(8)21(19,20)18-13-15-9(2)10(3)16-17-13/h4-6H,1-3H3,(H,15,17,18). The number of sulfonamides is 1. The molecule has 0 spiro atoms. The number of nitrogens with zero attached hydrogens (tertiary/aromatic N) is 4. The van der Waals surface area contributed by atoms with Gasteiger partial charge in [-0.15, -0.1) is 5.10 Å². The van der Waals surface area contributed by atoms with E-state index in [-0.39, 0.29) is 16.4 Å². The third kappa shape index (κ3) is 3.14. The lowest BCUT2D eigenvalue weighted by atomic mass is 10.2. The van der Waals surface area contributed by atoms with Crippen LogP contribution in [0.4, 0.5) is 5.95 Å². The average Bonchev–Trinajstić information content (AvgIpc) is 2.43. The Morgan fingerprint density at radius 2 is 1.86 bits per heavy atom. The van der Waals surface area contributed by atoms with Crippen molar-refractivity contribution in [2.24, 2.45) is 0 Å². The number of rotatable bonds is 3. The van der Waals surface area contributed by atoms with Crippen molar-refractivity contribution in [2.45, 2.75) is 25.7 Å². The lowest BCUT2D eigenvalue weighted by molar-refractivity contribution is 0.600. The summed E-state index contributed by atoms with van der Waals surface area (Å²) in [5.74, 6) is -0.0974. The Hall–Kier alpha value is -2.53.